The van der Waals surface area contributed by atoms with Crippen molar-refractivity contribution in [1.29, 1.82) is 0 Å². The van der Waals surface area contributed by atoms with E-state index >= 15 is 0 Å². The Bertz CT molecular complexity index is 569. The third-order valence-corrected chi connectivity index (χ3v) is 4.62. The molecule has 22 heavy (non-hydrogen) atoms. The monoisotopic (exact) mass is 303 g/mol. The van der Waals surface area contributed by atoms with E-state index in [1.807, 2.05) is 24.3 Å². The Hall–Kier alpha value is -1.88. The predicted octanol–water partition coefficient (Wildman–Crippen LogP) is 2.46. The van der Waals surface area contributed by atoms with Crippen LogP contribution >= 0.6 is 0 Å². The first-order valence-corrected chi connectivity index (χ1v) is 7.88. The minimum Gasteiger partial charge on any atom is -0.481 e. The van der Waals surface area contributed by atoms with Crippen molar-refractivity contribution in [3.8, 4) is 0 Å². The second kappa shape index (κ2) is 6.08. The molecule has 1 aromatic rings. The molecular weight excluding hydrogens is 282 g/mol. The lowest BCUT2D eigenvalue weighted by Crippen LogP contribution is -2.40. The van der Waals surface area contributed by atoms with E-state index in [1.165, 1.54) is 5.56 Å². The highest BCUT2D eigenvalue weighted by Gasteiger charge is 2.55. The average molecular weight is 303 g/mol. The normalized spacial score (nSPS) is 29.5. The van der Waals surface area contributed by atoms with Crippen LogP contribution in [0.15, 0.2) is 24.3 Å². The number of carboxylic acids is 1. The zero-order chi connectivity index (χ0) is 15.7. The number of benzene rings is 1. The summed E-state index contributed by atoms with van der Waals surface area (Å²) in [6, 6.07) is 7.72. The summed E-state index contributed by atoms with van der Waals surface area (Å²) in [6.07, 6.45) is 3.01. The molecule has 0 saturated carbocycles. The van der Waals surface area contributed by atoms with Gasteiger partial charge in [0.25, 0.3) is 0 Å². The molecule has 0 aliphatic carbocycles. The van der Waals surface area contributed by atoms with Crippen molar-refractivity contribution in [2.75, 3.05) is 5.32 Å². The number of anilines is 1. The van der Waals surface area contributed by atoms with Gasteiger partial charge in [-0.2, -0.15) is 0 Å². The van der Waals surface area contributed by atoms with Gasteiger partial charge in [-0.15, -0.1) is 0 Å². The topological polar surface area (TPSA) is 75.6 Å². The third-order valence-electron chi connectivity index (χ3n) is 4.62. The molecule has 3 rings (SSSR count). The van der Waals surface area contributed by atoms with E-state index in [9.17, 15) is 14.7 Å². The second-order valence-corrected chi connectivity index (χ2v) is 6.12. The first-order chi connectivity index (χ1) is 10.6. The molecule has 5 heteroatoms. The van der Waals surface area contributed by atoms with Crippen molar-refractivity contribution in [2.45, 2.75) is 44.8 Å². The van der Waals surface area contributed by atoms with Crippen LogP contribution in [0.4, 0.5) is 5.69 Å². The molecule has 2 heterocycles. The van der Waals surface area contributed by atoms with Crippen LogP contribution in [-0.4, -0.2) is 29.2 Å². The lowest BCUT2D eigenvalue weighted by Gasteiger charge is -2.23. The molecule has 4 atom stereocenters. The fraction of sp³-hybridized carbons (Fsp3) is 0.529. The first-order valence-electron chi connectivity index (χ1n) is 7.88. The van der Waals surface area contributed by atoms with E-state index in [4.69, 9.17) is 4.74 Å². The van der Waals surface area contributed by atoms with E-state index in [0.717, 1.165) is 25.7 Å². The van der Waals surface area contributed by atoms with Crippen LogP contribution in [0.5, 0.6) is 0 Å². The Morgan fingerprint density at radius 1 is 1.18 bits per heavy atom. The average Bonchev–Trinajstić information content (AvgIpc) is 3.10. The Kier molecular flexibility index (Phi) is 4.16. The number of aliphatic carboxylic acids is 1. The third kappa shape index (κ3) is 2.73. The SMILES string of the molecule is CCCc1ccc(NC(=O)[C@@H]2[C@@H](C(=O)O)[C@H]3CC[C@@H]2O3)cc1. The molecule has 2 saturated heterocycles. The fourth-order valence-electron chi connectivity index (χ4n) is 3.59. The highest BCUT2D eigenvalue weighted by Crippen LogP contribution is 2.44. The molecular formula is C17H21NO4. The number of hydrogen-bond acceptors (Lipinski definition) is 3. The maximum Gasteiger partial charge on any atom is 0.310 e. The van der Waals surface area contributed by atoms with Gasteiger partial charge >= 0.3 is 5.97 Å². The molecule has 2 N–H and O–H groups in total. The number of carbonyl (C=O) groups excluding carboxylic acids is 1. The van der Waals surface area contributed by atoms with Crippen molar-refractivity contribution in [3.63, 3.8) is 0 Å². The van der Waals surface area contributed by atoms with Crippen LogP contribution in [0.2, 0.25) is 0 Å². The molecule has 0 radical (unpaired) electrons. The van der Waals surface area contributed by atoms with E-state index in [0.29, 0.717) is 5.69 Å². The predicted molar refractivity (Wildman–Crippen MR) is 81.6 cm³/mol. The molecule has 0 spiro atoms. The second-order valence-electron chi connectivity index (χ2n) is 6.12. The summed E-state index contributed by atoms with van der Waals surface area (Å²) in [5.41, 5.74) is 1.93. The summed E-state index contributed by atoms with van der Waals surface area (Å²) in [5.74, 6) is -2.50. The smallest absolute Gasteiger partial charge is 0.310 e. The number of carbonyl (C=O) groups is 2. The molecule has 1 amide bonds. The van der Waals surface area contributed by atoms with Crippen molar-refractivity contribution in [1.82, 2.24) is 0 Å². The van der Waals surface area contributed by atoms with Gasteiger partial charge < -0.3 is 15.2 Å². The standard InChI is InChI=1S/C17H21NO4/c1-2-3-10-4-6-11(7-5-10)18-16(19)14-12-8-9-13(22-12)15(14)17(20)21/h4-7,12-15H,2-3,8-9H2,1H3,(H,18,19)(H,20,21)/t12-,13+,14-,15-/m0/s1. The van der Waals surface area contributed by atoms with Gasteiger partial charge in [0.15, 0.2) is 0 Å². The lowest BCUT2D eigenvalue weighted by molar-refractivity contribution is -0.147. The number of hydrogen-bond donors (Lipinski definition) is 2. The Morgan fingerprint density at radius 3 is 2.41 bits per heavy atom. The Labute approximate surface area is 129 Å². The molecule has 1 aromatic carbocycles. The number of aryl methyl sites for hydroxylation is 1. The Balaban J connectivity index is 1.69. The zero-order valence-corrected chi connectivity index (χ0v) is 12.6. The van der Waals surface area contributed by atoms with Crippen molar-refractivity contribution < 1.29 is 19.4 Å². The highest BCUT2D eigenvalue weighted by molar-refractivity contribution is 5.96. The van der Waals surface area contributed by atoms with Gasteiger partial charge in [0.05, 0.1) is 24.0 Å². The summed E-state index contributed by atoms with van der Waals surface area (Å²) in [7, 11) is 0. The van der Waals surface area contributed by atoms with Gasteiger partial charge in [0, 0.05) is 5.69 Å². The van der Waals surface area contributed by atoms with Crippen molar-refractivity contribution >= 4 is 17.6 Å². The molecule has 118 valence electrons. The maximum atomic E-state index is 12.5. The summed E-state index contributed by atoms with van der Waals surface area (Å²) < 4.78 is 5.63. The largest absolute Gasteiger partial charge is 0.481 e. The minimum absolute atomic E-state index is 0.247. The summed E-state index contributed by atoms with van der Waals surface area (Å²) in [5, 5.41) is 12.2. The highest BCUT2D eigenvalue weighted by atomic mass is 16.5. The van der Waals surface area contributed by atoms with Crippen LogP contribution in [0.1, 0.15) is 31.7 Å². The van der Waals surface area contributed by atoms with E-state index in [1.54, 1.807) is 0 Å². The molecule has 0 unspecified atom stereocenters. The van der Waals surface area contributed by atoms with E-state index in [2.05, 4.69) is 12.2 Å². The summed E-state index contributed by atoms with van der Waals surface area (Å²) in [6.45, 7) is 2.12. The molecule has 2 fully saturated rings. The van der Waals surface area contributed by atoms with Crippen molar-refractivity contribution in [2.24, 2.45) is 11.8 Å². The number of rotatable bonds is 5. The van der Waals surface area contributed by atoms with Gasteiger partial charge in [0.2, 0.25) is 5.91 Å². The number of nitrogens with one attached hydrogen (secondary N) is 1. The number of amides is 1. The summed E-state index contributed by atoms with van der Waals surface area (Å²) in [4.78, 5) is 23.9. The number of ether oxygens (including phenoxy) is 1. The molecule has 2 aliphatic rings. The molecule has 2 bridgehead atoms. The molecule has 5 nitrogen and oxygen atoms in total. The van der Waals surface area contributed by atoms with Gasteiger partial charge in [-0.05, 0) is 37.0 Å². The fourth-order valence-corrected chi connectivity index (χ4v) is 3.59. The zero-order valence-electron chi connectivity index (χ0n) is 12.6. The van der Waals surface area contributed by atoms with Gasteiger partial charge in [-0.1, -0.05) is 25.5 Å². The Morgan fingerprint density at radius 2 is 1.82 bits per heavy atom. The number of fused-ring (bicyclic) bond motifs is 2. The van der Waals surface area contributed by atoms with E-state index < -0.39 is 17.8 Å². The van der Waals surface area contributed by atoms with Gasteiger partial charge in [-0.25, -0.2) is 0 Å². The molecule has 0 aromatic heterocycles. The number of carboxylic acid groups (broad SMARTS) is 1. The lowest BCUT2D eigenvalue weighted by atomic mass is 9.78. The maximum absolute atomic E-state index is 12.5. The van der Waals surface area contributed by atoms with Crippen LogP contribution in [-0.2, 0) is 20.7 Å². The first kappa shape index (κ1) is 15.0. The van der Waals surface area contributed by atoms with Gasteiger partial charge in [-0.3, -0.25) is 9.59 Å². The minimum atomic E-state index is -0.939. The molecule has 2 aliphatic heterocycles. The summed E-state index contributed by atoms with van der Waals surface area (Å²) >= 11 is 0. The van der Waals surface area contributed by atoms with Crippen LogP contribution in [0.3, 0.4) is 0 Å². The van der Waals surface area contributed by atoms with Crippen LogP contribution in [0.25, 0.3) is 0 Å². The van der Waals surface area contributed by atoms with Crippen LogP contribution in [0, 0.1) is 11.8 Å². The van der Waals surface area contributed by atoms with E-state index in [-0.39, 0.29) is 18.1 Å². The van der Waals surface area contributed by atoms with Gasteiger partial charge in [0.1, 0.15) is 0 Å². The van der Waals surface area contributed by atoms with Crippen LogP contribution < -0.4 is 5.32 Å². The quantitative estimate of drug-likeness (QED) is 0.876. The van der Waals surface area contributed by atoms with Crippen molar-refractivity contribution in [3.05, 3.63) is 29.8 Å².